The molecule has 0 aromatic carbocycles. The highest BCUT2D eigenvalue weighted by Crippen LogP contribution is 2.49. The minimum absolute atomic E-state index is 0.222. The Morgan fingerprint density at radius 1 is 1.17 bits per heavy atom. The van der Waals surface area contributed by atoms with Gasteiger partial charge in [-0.15, -0.1) is 0 Å². The van der Waals surface area contributed by atoms with E-state index in [1.54, 1.807) is 6.07 Å². The second-order valence-electron chi connectivity index (χ2n) is 4.75. The first-order valence-corrected chi connectivity index (χ1v) is 11.2. The molecule has 0 amide bonds. The fourth-order valence-electron chi connectivity index (χ4n) is 1.39. The lowest BCUT2D eigenvalue weighted by molar-refractivity contribution is 0.215. The van der Waals surface area contributed by atoms with Gasteiger partial charge in [-0.1, -0.05) is 13.8 Å². The Kier molecular flexibility index (Phi) is 10.3. The first-order valence-electron chi connectivity index (χ1n) is 7.12. The Balaban J connectivity index is 0.000000922. The average Bonchev–Trinajstić information content (AvgIpc) is 2.35. The third-order valence-corrected chi connectivity index (χ3v) is 4.56. The predicted molar refractivity (Wildman–Crippen MR) is 93.3 cm³/mol. The van der Waals surface area contributed by atoms with Gasteiger partial charge in [0.05, 0.1) is 13.2 Å². The van der Waals surface area contributed by atoms with Crippen LogP contribution < -0.4 is 4.52 Å². The van der Waals surface area contributed by atoms with Gasteiger partial charge in [0.15, 0.2) is 0 Å². The van der Waals surface area contributed by atoms with Crippen LogP contribution in [0.5, 0.6) is 5.88 Å². The molecular formula is C12H24N2O7P2S. The van der Waals surface area contributed by atoms with E-state index in [1.165, 1.54) is 0 Å². The smallest absolute Gasteiger partial charge is 0.406 e. The molecule has 0 bridgehead atoms. The lowest BCUT2D eigenvalue weighted by Crippen LogP contribution is -2.06. The molecule has 0 aliphatic rings. The fourth-order valence-corrected chi connectivity index (χ4v) is 3.38. The molecule has 12 heteroatoms. The molecule has 1 rings (SSSR count). The van der Waals surface area contributed by atoms with Gasteiger partial charge in [0.2, 0.25) is 5.88 Å². The SMILES string of the molecule is CCOP(=S)(OCC)Oc1cc(C)nc(C(C)C)n1.O=P(O)(O)O. The lowest BCUT2D eigenvalue weighted by Gasteiger charge is -2.20. The van der Waals surface area contributed by atoms with Crippen LogP contribution in [-0.2, 0) is 25.4 Å². The lowest BCUT2D eigenvalue weighted by atomic mass is 10.2. The zero-order valence-corrected chi connectivity index (χ0v) is 16.8. The van der Waals surface area contributed by atoms with Crippen molar-refractivity contribution in [1.29, 1.82) is 0 Å². The summed E-state index contributed by atoms with van der Waals surface area (Å²) in [6.07, 6.45) is 0. The van der Waals surface area contributed by atoms with Crippen molar-refractivity contribution in [2.45, 2.75) is 40.5 Å². The topological polar surface area (TPSA) is 131 Å². The number of hydrogen-bond acceptors (Lipinski definition) is 7. The third kappa shape index (κ3) is 11.2. The average molecular weight is 402 g/mol. The van der Waals surface area contributed by atoms with Crippen molar-refractivity contribution < 1.29 is 32.8 Å². The van der Waals surface area contributed by atoms with Gasteiger partial charge in [0, 0.05) is 29.5 Å². The van der Waals surface area contributed by atoms with Crippen LogP contribution in [0, 0.1) is 6.92 Å². The highest BCUT2D eigenvalue weighted by molar-refractivity contribution is 8.07. The minimum Gasteiger partial charge on any atom is -0.406 e. The fraction of sp³-hybridized carbons (Fsp3) is 0.667. The van der Waals surface area contributed by atoms with Crippen LogP contribution in [0.1, 0.15) is 45.1 Å². The number of aryl methyl sites for hydroxylation is 1. The van der Waals surface area contributed by atoms with Crippen LogP contribution in [0.15, 0.2) is 6.07 Å². The molecule has 0 aliphatic heterocycles. The van der Waals surface area contributed by atoms with Crippen LogP contribution >= 0.6 is 14.5 Å². The van der Waals surface area contributed by atoms with Gasteiger partial charge >= 0.3 is 14.5 Å². The molecule has 0 saturated carbocycles. The maximum Gasteiger partial charge on any atom is 0.466 e. The number of nitrogens with zero attached hydrogens (tertiary/aromatic N) is 2. The van der Waals surface area contributed by atoms with Gasteiger partial charge in [0.1, 0.15) is 5.82 Å². The van der Waals surface area contributed by atoms with Crippen molar-refractivity contribution in [3.63, 3.8) is 0 Å². The molecule has 0 atom stereocenters. The Bertz CT molecular complexity index is 591. The summed E-state index contributed by atoms with van der Waals surface area (Å²) >= 11 is 5.32. The molecule has 0 unspecified atom stereocenters. The summed E-state index contributed by atoms with van der Waals surface area (Å²) in [5.74, 6) is 1.37. The minimum atomic E-state index is -4.64. The van der Waals surface area contributed by atoms with Gasteiger partial charge in [-0.25, -0.2) is 9.55 Å². The van der Waals surface area contributed by atoms with Gasteiger partial charge in [0.25, 0.3) is 0 Å². The largest absolute Gasteiger partial charge is 0.466 e. The van der Waals surface area contributed by atoms with E-state index < -0.39 is 14.5 Å². The van der Waals surface area contributed by atoms with Crippen molar-refractivity contribution in [2.75, 3.05) is 13.2 Å². The van der Waals surface area contributed by atoms with Crippen LogP contribution in [0.3, 0.4) is 0 Å². The van der Waals surface area contributed by atoms with Crippen LogP contribution in [0.4, 0.5) is 0 Å². The van der Waals surface area contributed by atoms with E-state index >= 15 is 0 Å². The number of aromatic nitrogens is 2. The number of phosphoric acid groups is 1. The Labute approximate surface area is 146 Å². The first kappa shape index (κ1) is 23.6. The van der Waals surface area contributed by atoms with E-state index in [0.29, 0.717) is 19.1 Å². The van der Waals surface area contributed by atoms with Crippen LogP contribution in [0.2, 0.25) is 0 Å². The molecular weight excluding hydrogens is 378 g/mol. The first-order chi connectivity index (χ1) is 10.9. The van der Waals surface area contributed by atoms with E-state index in [0.717, 1.165) is 11.5 Å². The zero-order chi connectivity index (χ0) is 19.0. The van der Waals surface area contributed by atoms with Crippen molar-refractivity contribution in [3.8, 4) is 5.88 Å². The second kappa shape index (κ2) is 10.5. The second-order valence-corrected chi connectivity index (χ2v) is 8.71. The Morgan fingerprint density at radius 2 is 1.62 bits per heavy atom. The van der Waals surface area contributed by atoms with E-state index in [9.17, 15) is 0 Å². The summed E-state index contributed by atoms with van der Waals surface area (Å²) in [5.41, 5.74) is 0.836. The van der Waals surface area contributed by atoms with Crippen molar-refractivity contribution in [3.05, 3.63) is 17.6 Å². The summed E-state index contributed by atoms with van der Waals surface area (Å²) in [7, 11) is -4.64. The standard InChI is InChI=1S/C12H21N2O3PS.H3O4P/c1-6-15-18(19,16-7-2)17-11-8-10(5)13-12(14-11)9(3)4;1-5(2,3)4/h8-9H,6-7H2,1-5H3;(H3,1,2,3,4). The molecule has 24 heavy (non-hydrogen) atoms. The summed E-state index contributed by atoms with van der Waals surface area (Å²) in [6.45, 7) is 7.78. The summed E-state index contributed by atoms with van der Waals surface area (Å²) in [6, 6.07) is 1.74. The van der Waals surface area contributed by atoms with E-state index in [-0.39, 0.29) is 5.92 Å². The zero-order valence-electron chi connectivity index (χ0n) is 14.2. The molecule has 140 valence electrons. The number of hydrogen-bond donors (Lipinski definition) is 3. The molecule has 0 saturated heterocycles. The molecule has 0 radical (unpaired) electrons. The maximum absolute atomic E-state index is 8.88. The monoisotopic (exact) mass is 402 g/mol. The molecule has 1 aromatic heterocycles. The normalized spacial score (nSPS) is 11.9. The third-order valence-electron chi connectivity index (χ3n) is 2.14. The molecule has 1 aromatic rings. The van der Waals surface area contributed by atoms with Crippen molar-refractivity contribution in [1.82, 2.24) is 9.97 Å². The van der Waals surface area contributed by atoms with Crippen LogP contribution in [-0.4, -0.2) is 37.9 Å². The highest BCUT2D eigenvalue weighted by atomic mass is 32.5. The van der Waals surface area contributed by atoms with Gasteiger partial charge in [-0.2, -0.15) is 4.98 Å². The summed E-state index contributed by atoms with van der Waals surface area (Å²) in [5, 5.41) is 0. The Hall–Kier alpha value is -0.440. The number of rotatable bonds is 7. The van der Waals surface area contributed by atoms with Gasteiger partial charge in [-0.05, 0) is 20.8 Å². The van der Waals surface area contributed by atoms with Crippen LogP contribution in [0.25, 0.3) is 0 Å². The molecule has 0 fully saturated rings. The predicted octanol–water partition coefficient (Wildman–Crippen LogP) is 2.66. The molecule has 0 aliphatic carbocycles. The van der Waals surface area contributed by atoms with Crippen molar-refractivity contribution >= 4 is 26.3 Å². The van der Waals surface area contributed by atoms with Gasteiger partial charge < -0.3 is 19.2 Å². The maximum atomic E-state index is 8.88. The molecule has 9 nitrogen and oxygen atoms in total. The quantitative estimate of drug-likeness (QED) is 0.585. The molecule has 0 spiro atoms. The Morgan fingerprint density at radius 3 is 2.00 bits per heavy atom. The highest BCUT2D eigenvalue weighted by Gasteiger charge is 2.22. The van der Waals surface area contributed by atoms with E-state index in [2.05, 4.69) is 9.97 Å². The molecule has 1 heterocycles. The van der Waals surface area contributed by atoms with Gasteiger partial charge in [-0.3, -0.25) is 9.05 Å². The molecule has 3 N–H and O–H groups in total. The van der Waals surface area contributed by atoms with E-state index in [1.807, 2.05) is 34.6 Å². The summed E-state index contributed by atoms with van der Waals surface area (Å²) < 4.78 is 25.4. The summed E-state index contributed by atoms with van der Waals surface area (Å²) in [4.78, 5) is 30.3. The van der Waals surface area contributed by atoms with Crippen molar-refractivity contribution in [2.24, 2.45) is 0 Å². The van der Waals surface area contributed by atoms with E-state index in [4.69, 9.17) is 44.6 Å².